The van der Waals surface area contributed by atoms with E-state index in [2.05, 4.69) is 0 Å². The van der Waals surface area contributed by atoms with Crippen molar-refractivity contribution >= 4 is 17.3 Å². The van der Waals surface area contributed by atoms with Gasteiger partial charge in [-0.25, -0.2) is 4.21 Å². The van der Waals surface area contributed by atoms with Crippen molar-refractivity contribution in [1.82, 2.24) is 0 Å². The Morgan fingerprint density at radius 2 is 1.80 bits per heavy atom. The molecule has 0 rings (SSSR count). The van der Waals surface area contributed by atoms with Gasteiger partial charge in [0.25, 0.3) is 0 Å². The second-order valence-corrected chi connectivity index (χ2v) is 2.21. The first kappa shape index (κ1) is 12.2. The summed E-state index contributed by atoms with van der Waals surface area (Å²) in [5.41, 5.74) is 4.80. The van der Waals surface area contributed by atoms with Crippen molar-refractivity contribution in [3.8, 4) is 0 Å². The Morgan fingerprint density at radius 3 is 1.80 bits per heavy atom. The van der Waals surface area contributed by atoms with E-state index in [0.717, 1.165) is 0 Å². The van der Waals surface area contributed by atoms with E-state index < -0.39 is 11.4 Å². The lowest BCUT2D eigenvalue weighted by Crippen LogP contribution is -2.17. The van der Waals surface area contributed by atoms with Gasteiger partial charge in [-0.3, -0.25) is 4.79 Å². The van der Waals surface area contributed by atoms with Crippen LogP contribution in [0, 0.1) is 5.92 Å². The minimum atomic E-state index is -2.86. The number of hydrogen-bond donors (Lipinski definition) is 2. The van der Waals surface area contributed by atoms with Crippen LogP contribution < -0.4 is 5.73 Å². The van der Waals surface area contributed by atoms with E-state index in [-0.39, 0.29) is 11.8 Å². The molecular weight excluding hydrogens is 158 g/mol. The van der Waals surface area contributed by atoms with E-state index in [4.69, 9.17) is 19.0 Å². The average molecular weight is 168 g/mol. The maximum atomic E-state index is 9.92. The van der Waals surface area contributed by atoms with Crippen LogP contribution in [0.5, 0.6) is 0 Å². The van der Waals surface area contributed by atoms with E-state index in [1.807, 2.05) is 0 Å². The summed E-state index contributed by atoms with van der Waals surface area (Å²) in [5.74, 6) is -0.250. The summed E-state index contributed by atoms with van der Waals surface area (Å²) in [5, 5.41) is 0. The first-order valence-electron chi connectivity index (χ1n) is 2.45. The molecular formula is C4H10NO4S-. The molecule has 0 radical (unpaired) electrons. The van der Waals surface area contributed by atoms with Gasteiger partial charge in [-0.05, 0) is 0 Å². The fourth-order valence-electron chi connectivity index (χ4n) is 0. The molecule has 0 spiro atoms. The molecule has 5 nitrogen and oxygen atoms in total. The van der Waals surface area contributed by atoms with Crippen LogP contribution in [0.15, 0.2) is 0 Å². The number of carbonyl (C=O) groups is 1. The molecule has 0 aliphatic rings. The van der Waals surface area contributed by atoms with Crippen LogP contribution in [0.25, 0.3) is 0 Å². The number of nitrogens with two attached hydrogens (primary N) is 1. The zero-order valence-electron chi connectivity index (χ0n) is 5.73. The minimum absolute atomic E-state index is 0.00926. The highest BCUT2D eigenvalue weighted by molar-refractivity contribution is 7.73. The van der Waals surface area contributed by atoms with Crippen molar-refractivity contribution in [2.24, 2.45) is 11.7 Å². The van der Waals surface area contributed by atoms with Crippen molar-refractivity contribution in [2.75, 3.05) is 0 Å². The van der Waals surface area contributed by atoms with Gasteiger partial charge < -0.3 is 14.8 Å². The Bertz CT molecular complexity index is 120. The summed E-state index contributed by atoms with van der Waals surface area (Å²) >= 11 is -2.86. The third-order valence-electron chi connectivity index (χ3n) is 0.569. The molecule has 0 aliphatic carbocycles. The fourth-order valence-corrected chi connectivity index (χ4v) is 0. The summed E-state index contributed by atoms with van der Waals surface area (Å²) in [4.78, 5) is 9.92. The van der Waals surface area contributed by atoms with Crippen molar-refractivity contribution < 1.29 is 18.1 Å². The number of carbonyl (C=O) groups excluding carboxylic acids is 1. The third-order valence-corrected chi connectivity index (χ3v) is 0.569. The largest absolute Gasteiger partial charge is 0.750 e. The minimum Gasteiger partial charge on any atom is -0.750 e. The Morgan fingerprint density at radius 1 is 1.70 bits per heavy atom. The number of rotatable bonds is 1. The highest BCUT2D eigenvalue weighted by atomic mass is 32.2. The fraction of sp³-hybridized carbons (Fsp3) is 0.750. The van der Waals surface area contributed by atoms with Crippen LogP contribution in [0.3, 0.4) is 0 Å². The molecule has 1 amide bonds. The van der Waals surface area contributed by atoms with Crippen LogP contribution in [0.4, 0.5) is 0 Å². The van der Waals surface area contributed by atoms with Crippen molar-refractivity contribution in [2.45, 2.75) is 13.8 Å². The van der Waals surface area contributed by atoms with Crippen LogP contribution in [-0.2, 0) is 16.2 Å². The van der Waals surface area contributed by atoms with Gasteiger partial charge in [-0.2, -0.15) is 0 Å². The second kappa shape index (κ2) is 6.66. The van der Waals surface area contributed by atoms with Crippen molar-refractivity contribution in [1.29, 1.82) is 0 Å². The predicted molar refractivity (Wildman–Crippen MR) is 35.6 cm³/mol. The lowest BCUT2D eigenvalue weighted by atomic mass is 10.2. The summed E-state index contributed by atoms with van der Waals surface area (Å²) in [7, 11) is 0. The smallest absolute Gasteiger partial charge is 0.219 e. The third kappa shape index (κ3) is 25.7. The van der Waals surface area contributed by atoms with E-state index >= 15 is 0 Å². The van der Waals surface area contributed by atoms with Crippen LogP contribution in [0.1, 0.15) is 13.8 Å². The van der Waals surface area contributed by atoms with Crippen LogP contribution >= 0.6 is 0 Å². The molecule has 0 saturated carbocycles. The Hall–Kier alpha value is -0.460. The van der Waals surface area contributed by atoms with Gasteiger partial charge in [-0.15, -0.1) is 0 Å². The van der Waals surface area contributed by atoms with Crippen LogP contribution in [0.2, 0.25) is 0 Å². The van der Waals surface area contributed by atoms with E-state index in [9.17, 15) is 4.79 Å². The zero-order chi connectivity index (χ0) is 8.73. The van der Waals surface area contributed by atoms with Gasteiger partial charge in [0, 0.05) is 5.92 Å². The molecule has 1 unspecified atom stereocenters. The monoisotopic (exact) mass is 168 g/mol. The first-order valence-corrected chi connectivity index (χ1v) is 3.48. The predicted octanol–water partition coefficient (Wildman–Crippen LogP) is -0.534. The van der Waals surface area contributed by atoms with E-state index in [0.29, 0.717) is 0 Å². The van der Waals surface area contributed by atoms with Gasteiger partial charge in [0.15, 0.2) is 0 Å². The van der Waals surface area contributed by atoms with Gasteiger partial charge in [0.2, 0.25) is 5.91 Å². The topological polar surface area (TPSA) is 103 Å². The molecule has 6 heteroatoms. The molecule has 0 aromatic rings. The molecule has 3 N–H and O–H groups in total. The van der Waals surface area contributed by atoms with E-state index in [1.54, 1.807) is 13.8 Å². The lowest BCUT2D eigenvalue weighted by Gasteiger charge is -1.90. The summed E-state index contributed by atoms with van der Waals surface area (Å²) < 4.78 is 24.1. The van der Waals surface area contributed by atoms with Gasteiger partial charge >= 0.3 is 0 Å². The Labute approximate surface area is 61.7 Å². The normalized spacial score (nSPS) is 11.7. The molecule has 0 aliphatic heterocycles. The summed E-state index contributed by atoms with van der Waals surface area (Å²) in [6, 6.07) is 0. The van der Waals surface area contributed by atoms with Gasteiger partial charge in [0.1, 0.15) is 0 Å². The highest BCUT2D eigenvalue weighted by Gasteiger charge is 1.96. The molecule has 0 heterocycles. The highest BCUT2D eigenvalue weighted by Crippen LogP contribution is 1.84. The number of amides is 1. The maximum Gasteiger partial charge on any atom is 0.219 e. The van der Waals surface area contributed by atoms with E-state index in [1.165, 1.54) is 0 Å². The number of primary amides is 1. The van der Waals surface area contributed by atoms with Gasteiger partial charge in [-0.1, -0.05) is 13.8 Å². The molecule has 0 aromatic carbocycles. The van der Waals surface area contributed by atoms with Crippen molar-refractivity contribution in [3.05, 3.63) is 0 Å². The second-order valence-electron chi connectivity index (χ2n) is 1.77. The zero-order valence-corrected chi connectivity index (χ0v) is 6.55. The lowest BCUT2D eigenvalue weighted by molar-refractivity contribution is -0.120. The van der Waals surface area contributed by atoms with Crippen LogP contribution in [-0.4, -0.2) is 19.2 Å². The molecule has 0 bridgehead atoms. The molecule has 0 saturated heterocycles. The SMILES string of the molecule is CC(C)C(N)=O.O=S([O-])O. The average Bonchev–Trinajstić information content (AvgIpc) is 1.63. The van der Waals surface area contributed by atoms with Crippen molar-refractivity contribution in [3.63, 3.8) is 0 Å². The standard InChI is InChI=1S/C4H9NO.H2O3S/c1-3(2)4(5)6;1-4(2)3/h3H,1-2H3,(H2,5,6);(H2,1,2,3)/p-1. The first-order chi connectivity index (χ1) is 4.37. The number of hydrogen-bond acceptors (Lipinski definition) is 3. The molecule has 1 atom stereocenters. The molecule has 10 heavy (non-hydrogen) atoms. The summed E-state index contributed by atoms with van der Waals surface area (Å²) in [6.07, 6.45) is 0. The molecule has 0 fully saturated rings. The molecule has 62 valence electrons. The molecule has 0 aromatic heterocycles. The Balaban J connectivity index is 0. The Kier molecular flexibility index (Phi) is 8.15. The van der Waals surface area contributed by atoms with Gasteiger partial charge in [0.05, 0.1) is 11.4 Å². The maximum absolute atomic E-state index is 9.92. The summed E-state index contributed by atoms with van der Waals surface area (Å²) in [6.45, 7) is 3.53. The quantitative estimate of drug-likeness (QED) is 0.513.